The van der Waals surface area contributed by atoms with Crippen molar-refractivity contribution < 1.29 is 0 Å². The van der Waals surface area contributed by atoms with Crippen molar-refractivity contribution in [3.8, 4) is 0 Å². The zero-order chi connectivity index (χ0) is 12.3. The molecule has 1 N–H and O–H groups in total. The lowest BCUT2D eigenvalue weighted by atomic mass is 10.2. The van der Waals surface area contributed by atoms with Crippen LogP contribution in [0.1, 0.15) is 13.8 Å². The first-order valence-electron chi connectivity index (χ1n) is 5.85. The maximum Gasteiger partial charge on any atom is 0.271 e. The highest BCUT2D eigenvalue weighted by Crippen LogP contribution is 2.13. The maximum atomic E-state index is 12.1. The average Bonchev–Trinajstić information content (AvgIpc) is 2.79. The van der Waals surface area contributed by atoms with Crippen LogP contribution >= 0.6 is 11.3 Å². The van der Waals surface area contributed by atoms with E-state index in [1.165, 1.54) is 11.3 Å². The highest BCUT2D eigenvalue weighted by atomic mass is 32.1. The number of hydrogen-bond acceptors (Lipinski definition) is 4. The van der Waals surface area contributed by atoms with Crippen LogP contribution in [0, 0.1) is 5.92 Å². The lowest BCUT2D eigenvalue weighted by molar-refractivity contribution is 0.443. The molecule has 0 aliphatic rings. The van der Waals surface area contributed by atoms with E-state index in [-0.39, 0.29) is 5.56 Å². The molecule has 0 spiro atoms. The molecule has 5 heteroatoms. The first-order valence-corrected chi connectivity index (χ1v) is 6.73. The summed E-state index contributed by atoms with van der Waals surface area (Å²) in [6.45, 7) is 6.81. The van der Waals surface area contributed by atoms with E-state index in [2.05, 4.69) is 24.1 Å². The van der Waals surface area contributed by atoms with Gasteiger partial charge in [0.2, 0.25) is 0 Å². The van der Waals surface area contributed by atoms with Gasteiger partial charge in [0.15, 0.2) is 0 Å². The molecule has 0 saturated carbocycles. The first kappa shape index (κ1) is 12.3. The van der Waals surface area contributed by atoms with E-state index in [1.54, 1.807) is 10.9 Å². The van der Waals surface area contributed by atoms with Crippen molar-refractivity contribution in [1.29, 1.82) is 0 Å². The molecule has 0 aliphatic carbocycles. The van der Waals surface area contributed by atoms with Crippen LogP contribution in [-0.2, 0) is 6.54 Å². The molecule has 2 aromatic rings. The molecule has 0 saturated heterocycles. The third-order valence-corrected chi connectivity index (χ3v) is 3.58. The monoisotopic (exact) mass is 251 g/mol. The van der Waals surface area contributed by atoms with Crippen molar-refractivity contribution in [1.82, 2.24) is 14.9 Å². The molecule has 1 atom stereocenters. The van der Waals surface area contributed by atoms with E-state index in [4.69, 9.17) is 0 Å². The van der Waals surface area contributed by atoms with Gasteiger partial charge in [-0.1, -0.05) is 13.8 Å². The smallest absolute Gasteiger partial charge is 0.271 e. The number of rotatable bonds is 5. The molecule has 2 aromatic heterocycles. The van der Waals surface area contributed by atoms with Crippen molar-refractivity contribution in [2.45, 2.75) is 20.4 Å². The molecule has 17 heavy (non-hydrogen) atoms. The Morgan fingerprint density at radius 3 is 3.18 bits per heavy atom. The SMILES string of the molecule is CCNCC(C)Cn1cnc2ccsc2c1=O. The van der Waals surface area contributed by atoms with Crippen LogP contribution in [-0.4, -0.2) is 22.6 Å². The zero-order valence-corrected chi connectivity index (χ0v) is 11.0. The topological polar surface area (TPSA) is 46.9 Å². The summed E-state index contributed by atoms with van der Waals surface area (Å²) in [5.41, 5.74) is 0.879. The fourth-order valence-corrected chi connectivity index (χ4v) is 2.59. The maximum absolute atomic E-state index is 12.1. The molecule has 0 amide bonds. The number of hydrogen-bond donors (Lipinski definition) is 1. The summed E-state index contributed by atoms with van der Waals surface area (Å²) in [6.07, 6.45) is 1.65. The van der Waals surface area contributed by atoms with Gasteiger partial charge >= 0.3 is 0 Å². The second kappa shape index (κ2) is 5.42. The minimum Gasteiger partial charge on any atom is -0.317 e. The normalized spacial score (nSPS) is 13.1. The van der Waals surface area contributed by atoms with Crippen molar-refractivity contribution in [2.75, 3.05) is 13.1 Å². The van der Waals surface area contributed by atoms with Gasteiger partial charge in [0.1, 0.15) is 4.70 Å². The fourth-order valence-electron chi connectivity index (χ4n) is 1.80. The van der Waals surface area contributed by atoms with Crippen LogP contribution < -0.4 is 10.9 Å². The first-order chi connectivity index (χ1) is 8.22. The van der Waals surface area contributed by atoms with Crippen molar-refractivity contribution >= 4 is 21.6 Å². The van der Waals surface area contributed by atoms with Gasteiger partial charge < -0.3 is 5.32 Å². The van der Waals surface area contributed by atoms with Gasteiger partial charge in [0, 0.05) is 6.54 Å². The van der Waals surface area contributed by atoms with E-state index >= 15 is 0 Å². The summed E-state index contributed by atoms with van der Waals surface area (Å²) in [7, 11) is 0. The summed E-state index contributed by atoms with van der Waals surface area (Å²) in [6, 6.07) is 1.88. The highest BCUT2D eigenvalue weighted by molar-refractivity contribution is 7.17. The zero-order valence-electron chi connectivity index (χ0n) is 10.1. The fraction of sp³-hybridized carbons (Fsp3) is 0.500. The molecule has 0 aliphatic heterocycles. The number of thiophene rings is 1. The second-order valence-corrected chi connectivity index (χ2v) is 5.17. The highest BCUT2D eigenvalue weighted by Gasteiger charge is 2.08. The van der Waals surface area contributed by atoms with E-state index in [0.29, 0.717) is 12.5 Å². The molecule has 0 fully saturated rings. The van der Waals surface area contributed by atoms with Crippen LogP contribution in [0.5, 0.6) is 0 Å². The molecule has 4 nitrogen and oxygen atoms in total. The van der Waals surface area contributed by atoms with Crippen LogP contribution in [0.3, 0.4) is 0 Å². The molecular weight excluding hydrogens is 234 g/mol. The Bertz CT molecular complexity index is 546. The van der Waals surface area contributed by atoms with Gasteiger partial charge in [-0.2, -0.15) is 0 Å². The van der Waals surface area contributed by atoms with Gasteiger partial charge in [-0.25, -0.2) is 4.98 Å². The van der Waals surface area contributed by atoms with E-state index in [0.717, 1.165) is 23.3 Å². The minimum atomic E-state index is 0.0772. The molecule has 2 heterocycles. The van der Waals surface area contributed by atoms with Crippen LogP contribution in [0.25, 0.3) is 10.2 Å². The van der Waals surface area contributed by atoms with Gasteiger partial charge in [-0.05, 0) is 30.5 Å². The average molecular weight is 251 g/mol. The predicted molar refractivity (Wildman–Crippen MR) is 71.6 cm³/mol. The molecule has 2 rings (SSSR count). The predicted octanol–water partition coefficient (Wildman–Crippen LogP) is 1.70. The van der Waals surface area contributed by atoms with Gasteiger partial charge in [0.05, 0.1) is 11.8 Å². The van der Waals surface area contributed by atoms with Crippen molar-refractivity contribution in [3.05, 3.63) is 28.1 Å². The molecule has 1 unspecified atom stereocenters. The van der Waals surface area contributed by atoms with Gasteiger partial charge in [-0.3, -0.25) is 9.36 Å². The Hall–Kier alpha value is -1.20. The Labute approximate surface area is 104 Å². The van der Waals surface area contributed by atoms with Crippen molar-refractivity contribution in [3.63, 3.8) is 0 Å². The number of nitrogens with zero attached hydrogens (tertiary/aromatic N) is 2. The van der Waals surface area contributed by atoms with E-state index in [1.807, 2.05) is 11.4 Å². The summed E-state index contributed by atoms with van der Waals surface area (Å²) >= 11 is 1.46. The van der Waals surface area contributed by atoms with Crippen LogP contribution in [0.4, 0.5) is 0 Å². The van der Waals surface area contributed by atoms with Gasteiger partial charge in [-0.15, -0.1) is 11.3 Å². The van der Waals surface area contributed by atoms with Crippen molar-refractivity contribution in [2.24, 2.45) is 5.92 Å². The van der Waals surface area contributed by atoms with Crippen LogP contribution in [0.15, 0.2) is 22.6 Å². The summed E-state index contributed by atoms with van der Waals surface area (Å²) in [4.78, 5) is 16.4. The minimum absolute atomic E-state index is 0.0772. The number of fused-ring (bicyclic) bond motifs is 1. The number of aromatic nitrogens is 2. The Kier molecular flexibility index (Phi) is 3.91. The standard InChI is InChI=1S/C12H17N3OS/c1-3-13-6-9(2)7-15-8-14-10-4-5-17-11(10)12(15)16/h4-5,8-9,13H,3,6-7H2,1-2H3. The van der Waals surface area contributed by atoms with E-state index in [9.17, 15) is 4.79 Å². The third kappa shape index (κ3) is 2.73. The summed E-state index contributed by atoms with van der Waals surface area (Å²) in [5.74, 6) is 0.423. The molecule has 0 aromatic carbocycles. The lowest BCUT2D eigenvalue weighted by Crippen LogP contribution is -2.28. The molecule has 92 valence electrons. The number of nitrogens with one attached hydrogen (secondary N) is 1. The molecular formula is C12H17N3OS. The van der Waals surface area contributed by atoms with Gasteiger partial charge in [0.25, 0.3) is 5.56 Å². The second-order valence-electron chi connectivity index (χ2n) is 4.25. The molecule has 0 radical (unpaired) electrons. The molecule has 0 bridgehead atoms. The van der Waals surface area contributed by atoms with E-state index < -0.39 is 0 Å². The lowest BCUT2D eigenvalue weighted by Gasteiger charge is -2.13. The summed E-state index contributed by atoms with van der Waals surface area (Å²) in [5, 5.41) is 5.19. The Morgan fingerprint density at radius 1 is 1.59 bits per heavy atom. The summed E-state index contributed by atoms with van der Waals surface area (Å²) < 4.78 is 2.46. The quantitative estimate of drug-likeness (QED) is 0.880. The van der Waals surface area contributed by atoms with Crippen LogP contribution in [0.2, 0.25) is 0 Å². The Morgan fingerprint density at radius 2 is 2.41 bits per heavy atom. The third-order valence-electron chi connectivity index (χ3n) is 2.69. The Balaban J connectivity index is 2.18. The largest absolute Gasteiger partial charge is 0.317 e.